The number of rotatable bonds is 16. The second kappa shape index (κ2) is 16.1. The molecule has 0 bridgehead atoms. The van der Waals surface area contributed by atoms with Crippen LogP contribution < -0.4 is 0 Å². The number of hydrogen-bond donors (Lipinski definition) is 1. The fraction of sp³-hybridized carbons (Fsp3) is 0.818. The molecule has 200 valence electrons. The molecule has 35 heavy (non-hydrogen) atoms. The van der Waals surface area contributed by atoms with E-state index in [1.807, 2.05) is 20.0 Å². The molecule has 1 aromatic heterocycles. The molecule has 12 nitrogen and oxygen atoms in total. The predicted molar refractivity (Wildman–Crippen MR) is 125 cm³/mol. The van der Waals surface area contributed by atoms with Crippen LogP contribution in [0.1, 0.15) is 33.4 Å². The molecule has 0 saturated carbocycles. The second-order valence-electron chi connectivity index (χ2n) is 8.06. The highest BCUT2D eigenvalue weighted by molar-refractivity contribution is 7.99. The Morgan fingerprint density at radius 2 is 1.60 bits per heavy atom. The Hall–Kier alpha value is -1.77. The summed E-state index contributed by atoms with van der Waals surface area (Å²) in [6.07, 6.45) is 0.320. The Bertz CT molecular complexity index is 766. The number of carbonyl (C=O) groups excluding carboxylic acids is 2. The summed E-state index contributed by atoms with van der Waals surface area (Å²) in [6, 6.07) is 0. The van der Waals surface area contributed by atoms with Crippen LogP contribution in [-0.2, 0) is 50.3 Å². The van der Waals surface area contributed by atoms with Crippen molar-refractivity contribution in [2.75, 3.05) is 46.2 Å². The molecule has 5 atom stereocenters. The minimum atomic E-state index is -0.723. The van der Waals surface area contributed by atoms with Gasteiger partial charge in [0.1, 0.15) is 11.5 Å². The van der Waals surface area contributed by atoms with E-state index in [1.165, 1.54) is 25.6 Å². The van der Waals surface area contributed by atoms with Gasteiger partial charge in [0.05, 0.1) is 64.6 Å². The summed E-state index contributed by atoms with van der Waals surface area (Å²) in [4.78, 5) is 23.3. The van der Waals surface area contributed by atoms with Crippen LogP contribution in [0, 0.1) is 5.92 Å². The molecule has 2 rings (SSSR count). The van der Waals surface area contributed by atoms with Gasteiger partial charge in [-0.1, -0.05) is 12.1 Å². The minimum Gasteiger partial charge on any atom is -0.458 e. The molecule has 13 heteroatoms. The Balaban J connectivity index is 1.76. The smallest absolute Gasteiger partial charge is 0.303 e. The van der Waals surface area contributed by atoms with Crippen LogP contribution in [0.25, 0.3) is 0 Å². The number of aromatic nitrogens is 3. The van der Waals surface area contributed by atoms with Crippen molar-refractivity contribution in [3.63, 3.8) is 0 Å². The average Bonchev–Trinajstić information content (AvgIpc) is 3.26. The lowest BCUT2D eigenvalue weighted by atomic mass is 9.92. The molecule has 0 amide bonds. The molecule has 1 aliphatic rings. The molecular formula is C22H37N3O9S. The van der Waals surface area contributed by atoms with E-state index in [-0.39, 0.29) is 18.6 Å². The Morgan fingerprint density at radius 3 is 2.23 bits per heavy atom. The summed E-state index contributed by atoms with van der Waals surface area (Å²) in [7, 11) is 0. The summed E-state index contributed by atoms with van der Waals surface area (Å²) >= 11 is 1.42. The number of esters is 2. The summed E-state index contributed by atoms with van der Waals surface area (Å²) < 4.78 is 34.8. The standard InChI is InChI=1S/C22H37N3O9S/c1-15-16(2)32-22(21(34-18(4)28)20(15)33-17(3)27)35-14-19-13-25(24-23-19)5-7-29-9-11-31-12-10-30-8-6-26/h13,15-16,20-22,26H,5-12,14H2,1-4H3/t15-,16?,20+,21?,22+/m1/s1. The molecule has 2 heterocycles. The quantitative estimate of drug-likeness (QED) is 0.244. The third-order valence-electron chi connectivity index (χ3n) is 5.23. The summed E-state index contributed by atoms with van der Waals surface area (Å²) in [5.74, 6) is -0.551. The maximum Gasteiger partial charge on any atom is 0.303 e. The normalized spacial score (nSPS) is 24.3. The van der Waals surface area contributed by atoms with Crippen molar-refractivity contribution < 1.29 is 43.1 Å². The van der Waals surface area contributed by atoms with Gasteiger partial charge >= 0.3 is 11.9 Å². The van der Waals surface area contributed by atoms with Crippen LogP contribution in [0.2, 0.25) is 0 Å². The predicted octanol–water partition coefficient (Wildman–Crippen LogP) is 0.798. The maximum atomic E-state index is 11.7. The molecule has 1 saturated heterocycles. The summed E-state index contributed by atoms with van der Waals surface area (Å²) in [6.45, 7) is 9.59. The monoisotopic (exact) mass is 519 g/mol. The molecule has 0 spiro atoms. The van der Waals surface area contributed by atoms with Gasteiger partial charge < -0.3 is 33.5 Å². The first-order valence-corrected chi connectivity index (χ1v) is 12.7. The largest absolute Gasteiger partial charge is 0.458 e. The Morgan fingerprint density at radius 1 is 1.00 bits per heavy atom. The first-order chi connectivity index (χ1) is 16.8. The zero-order chi connectivity index (χ0) is 25.6. The van der Waals surface area contributed by atoms with Gasteiger partial charge in [-0.15, -0.1) is 16.9 Å². The van der Waals surface area contributed by atoms with E-state index in [4.69, 9.17) is 33.5 Å². The van der Waals surface area contributed by atoms with Crippen LogP contribution >= 0.6 is 11.8 Å². The molecule has 0 radical (unpaired) electrons. The number of aliphatic hydroxyl groups excluding tert-OH is 1. The number of carbonyl (C=O) groups is 2. The van der Waals surface area contributed by atoms with Crippen molar-refractivity contribution in [3.05, 3.63) is 11.9 Å². The third-order valence-corrected chi connectivity index (χ3v) is 6.40. The first-order valence-electron chi connectivity index (χ1n) is 11.7. The molecule has 0 aliphatic carbocycles. The van der Waals surface area contributed by atoms with Gasteiger partial charge in [-0.05, 0) is 6.92 Å². The lowest BCUT2D eigenvalue weighted by Gasteiger charge is -2.43. The third kappa shape index (κ3) is 10.8. The van der Waals surface area contributed by atoms with E-state index >= 15 is 0 Å². The zero-order valence-electron chi connectivity index (χ0n) is 20.8. The van der Waals surface area contributed by atoms with Crippen LogP contribution in [0.5, 0.6) is 0 Å². The molecular weight excluding hydrogens is 482 g/mol. The summed E-state index contributed by atoms with van der Waals surface area (Å²) in [5.41, 5.74) is 0.221. The number of hydrogen-bond acceptors (Lipinski definition) is 12. The van der Waals surface area contributed by atoms with Crippen molar-refractivity contribution in [3.8, 4) is 0 Å². The SMILES string of the molecule is CC(=O)OC1[C@@H](OC(C)=O)[C@H](C)C(C)O[C@H]1SCc1cn(CCOCCOCCOCCO)nn1. The molecule has 1 N–H and O–H groups in total. The van der Waals surface area contributed by atoms with E-state index in [9.17, 15) is 9.59 Å². The molecule has 1 fully saturated rings. The van der Waals surface area contributed by atoms with Gasteiger partial charge in [0, 0.05) is 31.7 Å². The van der Waals surface area contributed by atoms with Crippen LogP contribution in [0.4, 0.5) is 0 Å². The van der Waals surface area contributed by atoms with Crippen molar-refractivity contribution in [2.24, 2.45) is 5.92 Å². The highest BCUT2D eigenvalue weighted by atomic mass is 32.2. The van der Waals surface area contributed by atoms with Crippen molar-refractivity contribution >= 4 is 23.7 Å². The van der Waals surface area contributed by atoms with Crippen molar-refractivity contribution in [1.82, 2.24) is 15.0 Å². The molecule has 2 unspecified atom stereocenters. The van der Waals surface area contributed by atoms with Crippen molar-refractivity contribution in [2.45, 2.75) is 63.7 Å². The summed E-state index contributed by atoms with van der Waals surface area (Å²) in [5, 5.41) is 16.9. The highest BCUT2D eigenvalue weighted by Crippen LogP contribution is 2.36. The molecule has 0 aromatic carbocycles. The van der Waals surface area contributed by atoms with Gasteiger partial charge in [-0.2, -0.15) is 0 Å². The van der Waals surface area contributed by atoms with E-state index in [1.54, 1.807) is 4.68 Å². The molecule has 1 aromatic rings. The van der Waals surface area contributed by atoms with Crippen LogP contribution in [-0.4, -0.2) is 102 Å². The number of thioether (sulfide) groups is 1. The van der Waals surface area contributed by atoms with Gasteiger partial charge in [0.2, 0.25) is 0 Å². The molecule has 1 aliphatic heterocycles. The average molecular weight is 520 g/mol. The van der Waals surface area contributed by atoms with E-state index in [0.29, 0.717) is 51.9 Å². The zero-order valence-corrected chi connectivity index (χ0v) is 21.6. The van der Waals surface area contributed by atoms with Crippen molar-refractivity contribution in [1.29, 1.82) is 0 Å². The number of nitrogens with zero attached hydrogens (tertiary/aromatic N) is 3. The maximum absolute atomic E-state index is 11.7. The second-order valence-corrected chi connectivity index (χ2v) is 9.15. The Labute approximate surface area is 209 Å². The fourth-order valence-electron chi connectivity index (χ4n) is 3.39. The first kappa shape index (κ1) is 29.5. The number of ether oxygens (including phenoxy) is 6. The minimum absolute atomic E-state index is 0.00396. The van der Waals surface area contributed by atoms with E-state index < -0.39 is 29.6 Å². The van der Waals surface area contributed by atoms with Crippen LogP contribution in [0.15, 0.2) is 6.20 Å². The number of aliphatic hydroxyl groups is 1. The lowest BCUT2D eigenvalue weighted by molar-refractivity contribution is -0.204. The van der Waals surface area contributed by atoms with Gasteiger partial charge in [-0.3, -0.25) is 9.59 Å². The highest BCUT2D eigenvalue weighted by Gasteiger charge is 2.46. The fourth-order valence-corrected chi connectivity index (χ4v) is 4.52. The van der Waals surface area contributed by atoms with Gasteiger partial charge in [0.25, 0.3) is 0 Å². The van der Waals surface area contributed by atoms with Crippen LogP contribution in [0.3, 0.4) is 0 Å². The lowest BCUT2D eigenvalue weighted by Crippen LogP contribution is -2.54. The topological polar surface area (TPSA) is 140 Å². The van der Waals surface area contributed by atoms with E-state index in [0.717, 1.165) is 5.69 Å². The van der Waals surface area contributed by atoms with E-state index in [2.05, 4.69) is 10.3 Å². The van der Waals surface area contributed by atoms with Gasteiger partial charge in [-0.25, -0.2) is 4.68 Å². The Kier molecular flexibility index (Phi) is 13.5. The van der Waals surface area contributed by atoms with Gasteiger partial charge in [0.15, 0.2) is 6.10 Å².